The molecule has 2 aromatic rings. The van der Waals surface area contributed by atoms with Crippen LogP contribution < -0.4 is 15.4 Å². The molecule has 2 heteroatoms. The van der Waals surface area contributed by atoms with Crippen LogP contribution in [-0.4, -0.2) is 13.8 Å². The van der Waals surface area contributed by atoms with Gasteiger partial charge in [-0.15, -0.1) is 0 Å². The predicted molar refractivity (Wildman–Crippen MR) is 140 cm³/mol. The summed E-state index contributed by atoms with van der Waals surface area (Å²) in [5, 5.41) is 4.60. The average Bonchev–Trinajstić information content (AvgIpc) is 3.24. The minimum atomic E-state index is -2.33. The van der Waals surface area contributed by atoms with Crippen molar-refractivity contribution in [1.29, 1.82) is 0 Å². The van der Waals surface area contributed by atoms with E-state index in [1.165, 1.54) is 55.3 Å². The Kier molecular flexibility index (Phi) is 8.51. The van der Waals surface area contributed by atoms with Gasteiger partial charge in [-0.2, -0.15) is 0 Å². The summed E-state index contributed by atoms with van der Waals surface area (Å²) in [4.78, 5) is 4.23. The van der Waals surface area contributed by atoms with Crippen molar-refractivity contribution >= 4 is 18.6 Å². The van der Waals surface area contributed by atoms with E-state index in [0.717, 1.165) is 6.42 Å². The SMILES string of the molecule is CCCCCCCCC1=C([Si](NC(C)(C)C)(c2ccccc2)c2ccccc2)CC=C1. The van der Waals surface area contributed by atoms with Crippen LogP contribution in [0.4, 0.5) is 0 Å². The Hall–Kier alpha value is -1.90. The van der Waals surface area contributed by atoms with Crippen LogP contribution in [0.1, 0.15) is 79.1 Å². The number of hydrogen-bond donors (Lipinski definition) is 1. The Morgan fingerprint density at radius 3 is 1.87 bits per heavy atom. The molecular weight excluding hydrogens is 390 g/mol. The zero-order chi connectivity index (χ0) is 22.2. The van der Waals surface area contributed by atoms with Crippen molar-refractivity contribution in [3.63, 3.8) is 0 Å². The van der Waals surface area contributed by atoms with E-state index in [-0.39, 0.29) is 5.54 Å². The highest BCUT2D eigenvalue weighted by atomic mass is 28.3. The van der Waals surface area contributed by atoms with Crippen molar-refractivity contribution in [2.75, 3.05) is 0 Å². The smallest absolute Gasteiger partial charge is 0.219 e. The van der Waals surface area contributed by atoms with E-state index >= 15 is 0 Å². The van der Waals surface area contributed by atoms with Crippen LogP contribution in [0.5, 0.6) is 0 Å². The Morgan fingerprint density at radius 1 is 0.774 bits per heavy atom. The summed E-state index contributed by atoms with van der Waals surface area (Å²) in [5.41, 5.74) is 1.62. The van der Waals surface area contributed by atoms with Gasteiger partial charge in [-0.05, 0) is 50.4 Å². The summed E-state index contributed by atoms with van der Waals surface area (Å²) in [6.45, 7) is 9.24. The Morgan fingerprint density at radius 2 is 1.32 bits per heavy atom. The van der Waals surface area contributed by atoms with E-state index in [2.05, 4.69) is 105 Å². The fourth-order valence-corrected chi connectivity index (χ4v) is 10.0. The maximum atomic E-state index is 4.23. The van der Waals surface area contributed by atoms with Gasteiger partial charge in [-0.1, -0.05) is 123 Å². The quantitative estimate of drug-likeness (QED) is 0.309. The Bertz CT molecular complexity index is 819. The van der Waals surface area contributed by atoms with Crippen molar-refractivity contribution in [3.8, 4) is 0 Å². The molecule has 0 heterocycles. The number of hydrogen-bond acceptors (Lipinski definition) is 1. The van der Waals surface area contributed by atoms with Crippen LogP contribution >= 0.6 is 0 Å². The molecule has 1 aliphatic carbocycles. The standard InChI is InChI=1S/C29H41NSi/c1-5-6-7-8-9-12-18-25-19-17-24-28(25)31(30-29(2,3)4,26-20-13-10-14-21-26)27-22-15-11-16-23-27/h10-11,13-17,19-23,30H,5-9,12,18,24H2,1-4H3. The third-order valence-corrected chi connectivity index (χ3v) is 11.2. The highest BCUT2D eigenvalue weighted by Gasteiger charge is 2.45. The first-order valence-corrected chi connectivity index (χ1v) is 14.3. The molecule has 0 saturated heterocycles. The van der Waals surface area contributed by atoms with E-state index in [1.807, 2.05) is 0 Å². The van der Waals surface area contributed by atoms with Gasteiger partial charge >= 0.3 is 0 Å². The monoisotopic (exact) mass is 431 g/mol. The molecule has 1 nitrogen and oxygen atoms in total. The first-order valence-electron chi connectivity index (χ1n) is 12.3. The molecule has 0 fully saturated rings. The molecule has 0 aliphatic heterocycles. The predicted octanol–water partition coefficient (Wildman–Crippen LogP) is 6.68. The van der Waals surface area contributed by atoms with Crippen molar-refractivity contribution < 1.29 is 0 Å². The topological polar surface area (TPSA) is 12.0 Å². The molecular formula is C29H41NSi. The van der Waals surface area contributed by atoms with Crippen molar-refractivity contribution in [3.05, 3.63) is 83.6 Å². The van der Waals surface area contributed by atoms with Crippen LogP contribution in [0.2, 0.25) is 0 Å². The summed E-state index contributed by atoms with van der Waals surface area (Å²) in [7, 11) is -2.33. The molecule has 0 saturated carbocycles. The van der Waals surface area contributed by atoms with Gasteiger partial charge in [0.05, 0.1) is 0 Å². The molecule has 0 radical (unpaired) electrons. The van der Waals surface area contributed by atoms with Crippen LogP contribution in [0.3, 0.4) is 0 Å². The second kappa shape index (κ2) is 11.1. The second-order valence-electron chi connectivity index (χ2n) is 9.99. The number of unbranched alkanes of at least 4 members (excludes halogenated alkanes) is 5. The summed E-state index contributed by atoms with van der Waals surface area (Å²) in [6, 6.07) is 22.5. The van der Waals surface area contributed by atoms with E-state index < -0.39 is 8.24 Å². The molecule has 2 aromatic carbocycles. The molecule has 1 N–H and O–H groups in total. The summed E-state index contributed by atoms with van der Waals surface area (Å²) >= 11 is 0. The zero-order valence-corrected chi connectivity index (χ0v) is 21.1. The van der Waals surface area contributed by atoms with E-state index in [4.69, 9.17) is 0 Å². The Labute approximate surface area is 191 Å². The van der Waals surface area contributed by atoms with Gasteiger partial charge in [-0.25, -0.2) is 0 Å². The molecule has 31 heavy (non-hydrogen) atoms. The molecule has 0 bridgehead atoms. The summed E-state index contributed by atoms with van der Waals surface area (Å²) in [5.74, 6) is 0. The third kappa shape index (κ3) is 6.08. The lowest BCUT2D eigenvalue weighted by Gasteiger charge is -2.41. The van der Waals surface area contributed by atoms with E-state index in [0.29, 0.717) is 0 Å². The number of rotatable bonds is 11. The largest absolute Gasteiger partial charge is 0.322 e. The lowest BCUT2D eigenvalue weighted by molar-refractivity contribution is 0.517. The van der Waals surface area contributed by atoms with Gasteiger partial charge in [0.1, 0.15) is 0 Å². The van der Waals surface area contributed by atoms with Crippen LogP contribution in [0, 0.1) is 0 Å². The molecule has 0 spiro atoms. The second-order valence-corrected chi connectivity index (χ2v) is 13.5. The fourth-order valence-electron chi connectivity index (χ4n) is 4.95. The molecule has 0 atom stereocenters. The highest BCUT2D eigenvalue weighted by Crippen LogP contribution is 2.31. The number of nitrogens with one attached hydrogen (secondary N) is 1. The highest BCUT2D eigenvalue weighted by molar-refractivity contribution is 7.05. The summed E-state index contributed by atoms with van der Waals surface area (Å²) < 4.78 is 0. The molecule has 166 valence electrons. The minimum absolute atomic E-state index is 0.0265. The molecule has 0 aromatic heterocycles. The fraction of sp³-hybridized carbons (Fsp3) is 0.448. The van der Waals surface area contributed by atoms with Gasteiger partial charge in [0.15, 0.2) is 0 Å². The number of benzene rings is 2. The van der Waals surface area contributed by atoms with Crippen molar-refractivity contribution in [2.45, 2.75) is 84.6 Å². The Balaban J connectivity index is 2.02. The molecule has 1 aliphatic rings. The number of allylic oxidation sites excluding steroid dienone is 4. The van der Waals surface area contributed by atoms with Crippen LogP contribution in [-0.2, 0) is 0 Å². The van der Waals surface area contributed by atoms with E-state index in [1.54, 1.807) is 10.8 Å². The first kappa shape index (κ1) is 23.8. The minimum Gasteiger partial charge on any atom is -0.322 e. The van der Waals surface area contributed by atoms with Gasteiger partial charge in [0.25, 0.3) is 0 Å². The molecule has 0 amide bonds. The maximum Gasteiger partial charge on any atom is 0.219 e. The lowest BCUT2D eigenvalue weighted by Crippen LogP contribution is -2.74. The van der Waals surface area contributed by atoms with Crippen LogP contribution in [0.15, 0.2) is 83.6 Å². The molecule has 3 rings (SSSR count). The van der Waals surface area contributed by atoms with Gasteiger partial charge < -0.3 is 4.98 Å². The van der Waals surface area contributed by atoms with E-state index in [9.17, 15) is 0 Å². The lowest BCUT2D eigenvalue weighted by atomic mass is 10.1. The van der Waals surface area contributed by atoms with Crippen LogP contribution in [0.25, 0.3) is 0 Å². The van der Waals surface area contributed by atoms with Gasteiger partial charge in [0, 0.05) is 5.54 Å². The first-order chi connectivity index (χ1) is 15.0. The maximum absolute atomic E-state index is 4.23. The summed E-state index contributed by atoms with van der Waals surface area (Å²) in [6.07, 6.45) is 15.2. The molecule has 0 unspecified atom stereocenters. The average molecular weight is 432 g/mol. The van der Waals surface area contributed by atoms with Gasteiger partial charge in [-0.3, -0.25) is 0 Å². The van der Waals surface area contributed by atoms with Crippen molar-refractivity contribution in [1.82, 2.24) is 4.98 Å². The zero-order valence-electron chi connectivity index (χ0n) is 20.1. The van der Waals surface area contributed by atoms with Gasteiger partial charge in [0.2, 0.25) is 8.24 Å². The van der Waals surface area contributed by atoms with Crippen molar-refractivity contribution in [2.24, 2.45) is 0 Å². The normalized spacial score (nSPS) is 14.5. The third-order valence-electron chi connectivity index (χ3n) is 6.26.